The smallest absolute Gasteiger partial charge is 0.332 e. The summed E-state index contributed by atoms with van der Waals surface area (Å²) in [5, 5.41) is 22.4. The molecule has 148 valence electrons. The van der Waals surface area contributed by atoms with Gasteiger partial charge in [-0.1, -0.05) is 42.5 Å². The van der Waals surface area contributed by atoms with Gasteiger partial charge in [0.1, 0.15) is 5.75 Å². The number of nitrogens with zero attached hydrogens (tertiary/aromatic N) is 2. The Balaban J connectivity index is 1.62. The number of fused-ring (bicyclic) bond motifs is 1. The molecule has 0 unspecified atom stereocenters. The standard InChI is InChI=1S/C22H21N3O4/c26-17-8-6-16(7-9-17)13-25-14-23-18-12-24-22(21(28)29,11-19(18)25)20(27)10-15-4-2-1-3-5-15/h1-9,14,24,26H,10-13H2,(H,28,29)/t22-/m0/s1. The summed E-state index contributed by atoms with van der Waals surface area (Å²) in [5.74, 6) is -1.37. The Morgan fingerprint density at radius 3 is 2.48 bits per heavy atom. The molecule has 2 heterocycles. The molecular formula is C22H21N3O4. The van der Waals surface area contributed by atoms with Crippen LogP contribution in [0.4, 0.5) is 0 Å². The van der Waals surface area contributed by atoms with Crippen LogP contribution in [-0.2, 0) is 35.5 Å². The van der Waals surface area contributed by atoms with Gasteiger partial charge in [0.2, 0.25) is 0 Å². The minimum atomic E-state index is -1.68. The van der Waals surface area contributed by atoms with E-state index in [1.165, 1.54) is 0 Å². The van der Waals surface area contributed by atoms with Crippen LogP contribution in [0.5, 0.6) is 5.75 Å². The lowest BCUT2D eigenvalue weighted by molar-refractivity contribution is -0.150. The number of nitrogens with one attached hydrogen (secondary N) is 1. The van der Waals surface area contributed by atoms with Crippen molar-refractivity contribution in [2.24, 2.45) is 0 Å². The SMILES string of the molecule is O=C(O)[C@@]1(C(=O)Cc2ccccc2)Cc2c(ncn2Cc2ccc(O)cc2)CN1. The highest BCUT2D eigenvalue weighted by atomic mass is 16.4. The van der Waals surface area contributed by atoms with Crippen molar-refractivity contribution in [2.75, 3.05) is 0 Å². The highest BCUT2D eigenvalue weighted by Crippen LogP contribution is 2.26. The van der Waals surface area contributed by atoms with Crippen LogP contribution < -0.4 is 5.32 Å². The van der Waals surface area contributed by atoms with Gasteiger partial charge in [0.25, 0.3) is 0 Å². The summed E-state index contributed by atoms with van der Waals surface area (Å²) < 4.78 is 1.87. The van der Waals surface area contributed by atoms with Crippen LogP contribution in [0.15, 0.2) is 60.9 Å². The zero-order valence-electron chi connectivity index (χ0n) is 15.7. The topological polar surface area (TPSA) is 104 Å². The van der Waals surface area contributed by atoms with Crippen LogP contribution in [0.1, 0.15) is 22.5 Å². The first-order chi connectivity index (χ1) is 14.0. The molecule has 0 saturated heterocycles. The zero-order chi connectivity index (χ0) is 20.4. The summed E-state index contributed by atoms with van der Waals surface area (Å²) in [4.78, 5) is 29.7. The minimum absolute atomic E-state index is 0.0292. The number of phenols is 1. The van der Waals surface area contributed by atoms with E-state index in [4.69, 9.17) is 0 Å². The third kappa shape index (κ3) is 3.64. The summed E-state index contributed by atoms with van der Waals surface area (Å²) in [7, 11) is 0. The predicted molar refractivity (Wildman–Crippen MR) is 105 cm³/mol. The fourth-order valence-electron chi connectivity index (χ4n) is 3.68. The average Bonchev–Trinajstić information content (AvgIpc) is 3.12. The van der Waals surface area contributed by atoms with E-state index in [2.05, 4.69) is 10.3 Å². The van der Waals surface area contributed by atoms with E-state index >= 15 is 0 Å². The summed E-state index contributed by atoms with van der Waals surface area (Å²) in [6.07, 6.45) is 1.74. The van der Waals surface area contributed by atoms with Crippen LogP contribution >= 0.6 is 0 Å². The molecule has 0 bridgehead atoms. The molecule has 3 aromatic rings. The average molecular weight is 391 g/mol. The summed E-state index contributed by atoms with van der Waals surface area (Å²) in [5.41, 5.74) is 1.52. The molecule has 0 spiro atoms. The number of imidazole rings is 1. The number of ketones is 1. The zero-order valence-corrected chi connectivity index (χ0v) is 15.7. The van der Waals surface area contributed by atoms with Gasteiger partial charge < -0.3 is 14.8 Å². The van der Waals surface area contributed by atoms with Crippen molar-refractivity contribution in [3.63, 3.8) is 0 Å². The summed E-state index contributed by atoms with van der Waals surface area (Å²) >= 11 is 0. The molecule has 7 nitrogen and oxygen atoms in total. The predicted octanol–water partition coefficient (Wildman–Crippen LogP) is 1.92. The van der Waals surface area contributed by atoms with Crippen molar-refractivity contribution in [1.82, 2.24) is 14.9 Å². The molecular weight excluding hydrogens is 370 g/mol. The number of aromatic nitrogens is 2. The molecule has 0 fully saturated rings. The monoisotopic (exact) mass is 391 g/mol. The van der Waals surface area contributed by atoms with Crippen LogP contribution in [0.3, 0.4) is 0 Å². The highest BCUT2D eigenvalue weighted by Gasteiger charge is 2.48. The molecule has 0 amide bonds. The number of hydrogen-bond donors (Lipinski definition) is 3. The molecule has 0 aliphatic carbocycles. The Kier molecular flexibility index (Phi) is 4.90. The van der Waals surface area contributed by atoms with Gasteiger partial charge in [0.15, 0.2) is 11.3 Å². The van der Waals surface area contributed by atoms with E-state index in [9.17, 15) is 19.8 Å². The van der Waals surface area contributed by atoms with Crippen molar-refractivity contribution < 1.29 is 19.8 Å². The lowest BCUT2D eigenvalue weighted by Gasteiger charge is -2.33. The second-order valence-electron chi connectivity index (χ2n) is 7.26. The number of phenolic OH excluding ortho intramolecular Hbond substituents is 1. The number of carbonyl (C=O) groups excluding carboxylic acids is 1. The van der Waals surface area contributed by atoms with Gasteiger partial charge in [-0.2, -0.15) is 0 Å². The number of carboxylic acids is 1. The molecule has 7 heteroatoms. The van der Waals surface area contributed by atoms with Gasteiger partial charge in [0, 0.05) is 31.6 Å². The van der Waals surface area contributed by atoms with Gasteiger partial charge in [-0.15, -0.1) is 0 Å². The van der Waals surface area contributed by atoms with Gasteiger partial charge in [-0.05, 0) is 23.3 Å². The first kappa shape index (κ1) is 18.9. The fraction of sp³-hybridized carbons (Fsp3) is 0.227. The third-order valence-corrected chi connectivity index (χ3v) is 5.36. The minimum Gasteiger partial charge on any atom is -0.508 e. The van der Waals surface area contributed by atoms with Crippen molar-refractivity contribution >= 4 is 11.8 Å². The molecule has 1 atom stereocenters. The third-order valence-electron chi connectivity index (χ3n) is 5.36. The van der Waals surface area contributed by atoms with Gasteiger partial charge in [0.05, 0.1) is 12.0 Å². The molecule has 29 heavy (non-hydrogen) atoms. The van der Waals surface area contributed by atoms with Crippen LogP contribution in [-0.4, -0.2) is 37.1 Å². The highest BCUT2D eigenvalue weighted by molar-refractivity contribution is 6.09. The van der Waals surface area contributed by atoms with E-state index in [0.717, 1.165) is 22.5 Å². The summed E-state index contributed by atoms with van der Waals surface area (Å²) in [6.45, 7) is 0.690. The van der Waals surface area contributed by atoms with Crippen molar-refractivity contribution in [2.45, 2.75) is 31.5 Å². The maximum Gasteiger partial charge on any atom is 0.332 e. The Labute approximate surface area is 167 Å². The van der Waals surface area contributed by atoms with E-state index in [1.807, 2.05) is 34.9 Å². The maximum absolute atomic E-state index is 13.1. The van der Waals surface area contributed by atoms with Crippen molar-refractivity contribution in [3.8, 4) is 5.75 Å². The van der Waals surface area contributed by atoms with E-state index in [0.29, 0.717) is 6.54 Å². The molecule has 0 saturated carbocycles. The first-order valence-electron chi connectivity index (χ1n) is 9.34. The maximum atomic E-state index is 13.1. The number of carbonyl (C=O) groups is 2. The number of benzene rings is 2. The van der Waals surface area contributed by atoms with Crippen LogP contribution in [0.2, 0.25) is 0 Å². The number of hydrogen-bond acceptors (Lipinski definition) is 5. The number of aromatic hydroxyl groups is 1. The number of rotatable bonds is 6. The molecule has 1 aliphatic heterocycles. The van der Waals surface area contributed by atoms with Gasteiger partial charge in [-0.25, -0.2) is 9.78 Å². The number of aliphatic carboxylic acids is 1. The summed E-state index contributed by atoms with van der Waals surface area (Å²) in [6, 6.07) is 15.9. The Bertz CT molecular complexity index is 1040. The molecule has 4 rings (SSSR count). The lowest BCUT2D eigenvalue weighted by atomic mass is 9.82. The molecule has 3 N–H and O–H groups in total. The quantitative estimate of drug-likeness (QED) is 0.555. The van der Waals surface area contributed by atoms with Gasteiger partial charge >= 0.3 is 5.97 Å². The molecule has 1 aromatic heterocycles. The normalized spacial score (nSPS) is 18.2. The molecule has 1 aliphatic rings. The Morgan fingerprint density at radius 2 is 1.79 bits per heavy atom. The van der Waals surface area contributed by atoms with E-state index in [1.54, 1.807) is 30.6 Å². The second kappa shape index (κ2) is 7.52. The van der Waals surface area contributed by atoms with Gasteiger partial charge in [-0.3, -0.25) is 10.1 Å². The lowest BCUT2D eigenvalue weighted by Crippen LogP contribution is -2.62. The number of carboxylic acid groups (broad SMARTS) is 1. The Morgan fingerprint density at radius 1 is 1.07 bits per heavy atom. The van der Waals surface area contributed by atoms with E-state index < -0.39 is 11.5 Å². The first-order valence-corrected chi connectivity index (χ1v) is 9.34. The fourth-order valence-corrected chi connectivity index (χ4v) is 3.68. The Hall–Kier alpha value is -3.45. The number of Topliss-reactive ketones (excluding diaryl/α,β-unsaturated/α-hetero) is 1. The van der Waals surface area contributed by atoms with Crippen LogP contribution in [0.25, 0.3) is 0 Å². The van der Waals surface area contributed by atoms with E-state index in [-0.39, 0.29) is 30.9 Å². The molecule has 0 radical (unpaired) electrons. The molecule has 2 aromatic carbocycles. The second-order valence-corrected chi connectivity index (χ2v) is 7.26. The van der Waals surface area contributed by atoms with Crippen LogP contribution in [0, 0.1) is 0 Å². The van der Waals surface area contributed by atoms with Crippen molar-refractivity contribution in [3.05, 3.63) is 83.4 Å². The van der Waals surface area contributed by atoms with Crippen molar-refractivity contribution in [1.29, 1.82) is 0 Å². The largest absolute Gasteiger partial charge is 0.508 e.